The third kappa shape index (κ3) is 6.34. The number of carbonyl (C=O) groups excluding carboxylic acids is 2. The van der Waals surface area contributed by atoms with E-state index in [4.69, 9.17) is 11.6 Å². The summed E-state index contributed by atoms with van der Waals surface area (Å²) in [6.07, 6.45) is 0.417. The molecule has 2 N–H and O–H groups in total. The topological polar surface area (TPSA) is 58.2 Å². The molecule has 120 valence electrons. The number of nitrogens with one attached hydrogen (secondary N) is 2. The van der Waals surface area contributed by atoms with Crippen LogP contribution in [0.3, 0.4) is 0 Å². The summed E-state index contributed by atoms with van der Waals surface area (Å²) >= 11 is 7.44. The van der Waals surface area contributed by atoms with Gasteiger partial charge in [0.2, 0.25) is 11.8 Å². The molecule has 23 heavy (non-hydrogen) atoms. The molecule has 4 nitrogen and oxygen atoms in total. The Morgan fingerprint density at radius 2 is 1.52 bits per heavy atom. The molecule has 0 unspecified atom stereocenters. The van der Waals surface area contributed by atoms with Crippen molar-refractivity contribution in [2.75, 3.05) is 16.4 Å². The van der Waals surface area contributed by atoms with Crippen molar-refractivity contribution in [2.24, 2.45) is 0 Å². The molecule has 2 amide bonds. The number of hydrogen-bond acceptors (Lipinski definition) is 3. The van der Waals surface area contributed by atoms with Gasteiger partial charge in [-0.25, -0.2) is 0 Å². The average molecular weight is 349 g/mol. The first-order valence-electron chi connectivity index (χ1n) is 7.09. The molecule has 2 rings (SSSR count). The fourth-order valence-corrected chi connectivity index (χ4v) is 2.83. The molecule has 0 heterocycles. The number of rotatable bonds is 6. The Labute approximate surface area is 144 Å². The van der Waals surface area contributed by atoms with Crippen molar-refractivity contribution in [1.82, 2.24) is 0 Å². The van der Waals surface area contributed by atoms with Crippen LogP contribution in [0.4, 0.5) is 11.4 Å². The number of thioether (sulfide) groups is 1. The first-order valence-corrected chi connectivity index (χ1v) is 8.45. The lowest BCUT2D eigenvalue weighted by molar-refractivity contribution is -0.116. The van der Waals surface area contributed by atoms with Gasteiger partial charge in [0.1, 0.15) is 0 Å². The number of anilines is 2. The summed E-state index contributed by atoms with van der Waals surface area (Å²) in [7, 11) is 0. The van der Waals surface area contributed by atoms with Crippen molar-refractivity contribution in [3.05, 3.63) is 53.6 Å². The van der Waals surface area contributed by atoms with E-state index in [0.717, 1.165) is 4.90 Å². The third-order valence-electron chi connectivity index (χ3n) is 2.90. The molecule has 0 aliphatic heterocycles. The predicted molar refractivity (Wildman–Crippen MR) is 96.2 cm³/mol. The van der Waals surface area contributed by atoms with E-state index in [1.807, 2.05) is 24.3 Å². The highest BCUT2D eigenvalue weighted by atomic mass is 35.5. The maximum absolute atomic E-state index is 11.9. The minimum atomic E-state index is -0.124. The summed E-state index contributed by atoms with van der Waals surface area (Å²) in [5.41, 5.74) is 1.41. The van der Waals surface area contributed by atoms with Gasteiger partial charge in [0, 0.05) is 40.4 Å². The lowest BCUT2D eigenvalue weighted by Gasteiger charge is -2.07. The van der Waals surface area contributed by atoms with E-state index in [2.05, 4.69) is 10.6 Å². The van der Waals surface area contributed by atoms with Gasteiger partial charge in [-0.15, -0.1) is 11.8 Å². The van der Waals surface area contributed by atoms with E-state index in [9.17, 15) is 9.59 Å². The molecule has 0 bridgehead atoms. The fourth-order valence-electron chi connectivity index (χ4n) is 1.86. The number of halogens is 1. The number of amides is 2. The summed E-state index contributed by atoms with van der Waals surface area (Å²) in [5.74, 6) is 0.525. The van der Waals surface area contributed by atoms with Gasteiger partial charge in [-0.05, 0) is 48.5 Å². The summed E-state index contributed by atoms with van der Waals surface area (Å²) in [6.45, 7) is 1.45. The minimum Gasteiger partial charge on any atom is -0.326 e. The second kappa shape index (κ2) is 8.60. The van der Waals surface area contributed by atoms with Gasteiger partial charge < -0.3 is 10.6 Å². The SMILES string of the molecule is CC(=O)Nc1ccc(NC(=O)CCSc2ccc(Cl)cc2)cc1. The van der Waals surface area contributed by atoms with Gasteiger partial charge in [-0.3, -0.25) is 9.59 Å². The molecule has 0 aliphatic rings. The van der Waals surface area contributed by atoms with Gasteiger partial charge in [-0.2, -0.15) is 0 Å². The van der Waals surface area contributed by atoms with Gasteiger partial charge >= 0.3 is 0 Å². The fraction of sp³-hybridized carbons (Fsp3) is 0.176. The van der Waals surface area contributed by atoms with Crippen molar-refractivity contribution < 1.29 is 9.59 Å². The quantitative estimate of drug-likeness (QED) is 0.760. The highest BCUT2D eigenvalue weighted by molar-refractivity contribution is 7.99. The van der Waals surface area contributed by atoms with E-state index in [-0.39, 0.29) is 11.8 Å². The van der Waals surface area contributed by atoms with Crippen LogP contribution in [-0.4, -0.2) is 17.6 Å². The molecule has 0 saturated carbocycles. The van der Waals surface area contributed by atoms with Crippen LogP contribution >= 0.6 is 23.4 Å². The van der Waals surface area contributed by atoms with Crippen molar-refractivity contribution in [3.8, 4) is 0 Å². The molecule has 0 spiro atoms. The van der Waals surface area contributed by atoms with E-state index >= 15 is 0 Å². The highest BCUT2D eigenvalue weighted by Gasteiger charge is 2.04. The largest absolute Gasteiger partial charge is 0.326 e. The zero-order valence-corrected chi connectivity index (χ0v) is 14.2. The maximum atomic E-state index is 11.9. The van der Waals surface area contributed by atoms with Gasteiger partial charge in [0.05, 0.1) is 0 Å². The molecule has 2 aromatic rings. The summed E-state index contributed by atoms with van der Waals surface area (Å²) < 4.78 is 0. The molecule has 0 saturated heterocycles. The summed E-state index contributed by atoms with van der Waals surface area (Å²) in [6, 6.07) is 14.6. The van der Waals surface area contributed by atoms with E-state index in [0.29, 0.717) is 28.6 Å². The Morgan fingerprint density at radius 1 is 0.957 bits per heavy atom. The lowest BCUT2D eigenvalue weighted by atomic mass is 10.2. The van der Waals surface area contributed by atoms with E-state index in [1.54, 1.807) is 36.0 Å². The molecule has 0 fully saturated rings. The Balaban J connectivity index is 1.76. The van der Waals surface area contributed by atoms with E-state index in [1.165, 1.54) is 6.92 Å². The van der Waals surface area contributed by atoms with Crippen LogP contribution in [0.25, 0.3) is 0 Å². The Bertz CT molecular complexity index is 672. The first-order chi connectivity index (χ1) is 11.0. The Morgan fingerprint density at radius 3 is 2.09 bits per heavy atom. The summed E-state index contributed by atoms with van der Waals surface area (Å²) in [4.78, 5) is 23.9. The molecule has 6 heteroatoms. The van der Waals surface area contributed by atoms with Crippen LogP contribution in [0.1, 0.15) is 13.3 Å². The first kappa shape index (κ1) is 17.4. The maximum Gasteiger partial charge on any atom is 0.225 e. The molecule has 2 aromatic carbocycles. The number of hydrogen-bond donors (Lipinski definition) is 2. The monoisotopic (exact) mass is 348 g/mol. The second-order valence-electron chi connectivity index (χ2n) is 4.86. The molecular weight excluding hydrogens is 332 g/mol. The number of benzene rings is 2. The third-order valence-corrected chi connectivity index (χ3v) is 4.17. The van der Waals surface area contributed by atoms with Crippen molar-refractivity contribution in [1.29, 1.82) is 0 Å². The van der Waals surface area contributed by atoms with Gasteiger partial charge in [0.15, 0.2) is 0 Å². The summed E-state index contributed by atoms with van der Waals surface area (Å²) in [5, 5.41) is 6.21. The standard InChI is InChI=1S/C17H17ClN2O2S/c1-12(21)19-14-4-6-15(7-5-14)20-17(22)10-11-23-16-8-2-13(18)3-9-16/h2-9H,10-11H2,1H3,(H,19,21)(H,20,22). The van der Waals surface area contributed by atoms with Crippen molar-refractivity contribution >= 4 is 46.6 Å². The Kier molecular flexibility index (Phi) is 6.50. The lowest BCUT2D eigenvalue weighted by Crippen LogP contribution is -2.12. The highest BCUT2D eigenvalue weighted by Crippen LogP contribution is 2.21. The average Bonchev–Trinajstić information content (AvgIpc) is 2.51. The van der Waals surface area contributed by atoms with Crippen molar-refractivity contribution in [3.63, 3.8) is 0 Å². The van der Waals surface area contributed by atoms with Crippen LogP contribution < -0.4 is 10.6 Å². The van der Waals surface area contributed by atoms with Crippen LogP contribution in [0.2, 0.25) is 5.02 Å². The minimum absolute atomic E-state index is 0.0428. The van der Waals surface area contributed by atoms with Crippen molar-refractivity contribution in [2.45, 2.75) is 18.2 Å². The van der Waals surface area contributed by atoms with Crippen LogP contribution in [0, 0.1) is 0 Å². The smallest absolute Gasteiger partial charge is 0.225 e. The molecule has 0 radical (unpaired) electrons. The second-order valence-corrected chi connectivity index (χ2v) is 6.46. The van der Waals surface area contributed by atoms with E-state index < -0.39 is 0 Å². The Hall–Kier alpha value is -1.98. The zero-order chi connectivity index (χ0) is 16.7. The molecular formula is C17H17ClN2O2S. The molecule has 0 aromatic heterocycles. The van der Waals surface area contributed by atoms with Gasteiger partial charge in [0.25, 0.3) is 0 Å². The zero-order valence-electron chi connectivity index (χ0n) is 12.6. The predicted octanol–water partition coefficient (Wildman–Crippen LogP) is 4.42. The number of carbonyl (C=O) groups is 2. The normalized spacial score (nSPS) is 10.2. The van der Waals surface area contributed by atoms with Crippen LogP contribution in [0.5, 0.6) is 0 Å². The van der Waals surface area contributed by atoms with Crippen LogP contribution in [0.15, 0.2) is 53.4 Å². The molecule has 0 atom stereocenters. The van der Waals surface area contributed by atoms with Crippen LogP contribution in [-0.2, 0) is 9.59 Å². The molecule has 0 aliphatic carbocycles. The van der Waals surface area contributed by atoms with Gasteiger partial charge in [-0.1, -0.05) is 11.6 Å².